The summed E-state index contributed by atoms with van der Waals surface area (Å²) in [5.74, 6) is -0.131. The number of carbonyl (C=O) groups is 1. The standard InChI is InChI=1S/C13H15NO2/c1-2-13(16)9-8-12(15)14(13)10-11-6-4-3-5-7-11/h3-9,16H,2,10H2,1H3/t13-/m0/s1. The Labute approximate surface area is 95.0 Å². The summed E-state index contributed by atoms with van der Waals surface area (Å²) < 4.78 is 0. The van der Waals surface area contributed by atoms with E-state index in [2.05, 4.69) is 0 Å². The van der Waals surface area contributed by atoms with Gasteiger partial charge in [0.05, 0.1) is 0 Å². The Bertz CT molecular complexity index is 413. The summed E-state index contributed by atoms with van der Waals surface area (Å²) in [7, 11) is 0. The lowest BCUT2D eigenvalue weighted by atomic mass is 10.1. The van der Waals surface area contributed by atoms with Gasteiger partial charge >= 0.3 is 0 Å². The number of amides is 1. The average molecular weight is 217 g/mol. The molecule has 0 radical (unpaired) electrons. The second-order valence-corrected chi connectivity index (χ2v) is 3.98. The van der Waals surface area contributed by atoms with Crippen LogP contribution in [0.3, 0.4) is 0 Å². The van der Waals surface area contributed by atoms with E-state index < -0.39 is 5.72 Å². The molecule has 1 heterocycles. The van der Waals surface area contributed by atoms with Crippen LogP contribution in [0.15, 0.2) is 42.5 Å². The molecule has 1 amide bonds. The Balaban J connectivity index is 2.18. The van der Waals surface area contributed by atoms with Crippen LogP contribution in [0.25, 0.3) is 0 Å². The molecule has 84 valence electrons. The third kappa shape index (κ3) is 1.86. The Morgan fingerprint density at radius 2 is 2.00 bits per heavy atom. The molecule has 1 N–H and O–H groups in total. The van der Waals surface area contributed by atoms with Gasteiger partial charge in [0.25, 0.3) is 0 Å². The maximum absolute atomic E-state index is 11.6. The van der Waals surface area contributed by atoms with Gasteiger partial charge in [0.2, 0.25) is 5.91 Å². The Morgan fingerprint density at radius 1 is 1.31 bits per heavy atom. The fourth-order valence-electron chi connectivity index (χ4n) is 1.87. The van der Waals surface area contributed by atoms with Crippen molar-refractivity contribution < 1.29 is 9.90 Å². The molecule has 0 spiro atoms. The topological polar surface area (TPSA) is 40.5 Å². The van der Waals surface area contributed by atoms with Gasteiger partial charge in [-0.2, -0.15) is 0 Å². The highest BCUT2D eigenvalue weighted by molar-refractivity contribution is 5.91. The quantitative estimate of drug-likeness (QED) is 0.836. The molecule has 3 nitrogen and oxygen atoms in total. The van der Waals surface area contributed by atoms with Crippen molar-refractivity contribution in [2.24, 2.45) is 0 Å². The SMILES string of the molecule is CC[C@]1(O)C=CC(=O)N1Cc1ccccc1. The van der Waals surface area contributed by atoms with E-state index in [1.54, 1.807) is 6.08 Å². The minimum Gasteiger partial charge on any atom is -0.367 e. The minimum atomic E-state index is -1.12. The highest BCUT2D eigenvalue weighted by atomic mass is 16.3. The third-order valence-corrected chi connectivity index (χ3v) is 2.93. The van der Waals surface area contributed by atoms with E-state index in [0.717, 1.165) is 5.56 Å². The molecule has 0 bridgehead atoms. The van der Waals surface area contributed by atoms with E-state index in [1.807, 2.05) is 37.3 Å². The van der Waals surface area contributed by atoms with Crippen LogP contribution in [0.5, 0.6) is 0 Å². The average Bonchev–Trinajstić information content (AvgIpc) is 2.60. The minimum absolute atomic E-state index is 0.131. The first-order chi connectivity index (χ1) is 7.65. The van der Waals surface area contributed by atoms with E-state index in [-0.39, 0.29) is 5.91 Å². The second kappa shape index (κ2) is 4.10. The predicted octanol–water partition coefficient (Wildman–Crippen LogP) is 1.68. The molecule has 0 saturated carbocycles. The summed E-state index contributed by atoms with van der Waals surface area (Å²) in [5, 5.41) is 10.2. The fraction of sp³-hybridized carbons (Fsp3) is 0.308. The fourth-order valence-corrected chi connectivity index (χ4v) is 1.87. The molecule has 0 aromatic heterocycles. The summed E-state index contributed by atoms with van der Waals surface area (Å²) in [6, 6.07) is 9.67. The summed E-state index contributed by atoms with van der Waals surface area (Å²) in [6.07, 6.45) is 3.51. The molecule has 0 fully saturated rings. The molecule has 1 atom stereocenters. The monoisotopic (exact) mass is 217 g/mol. The number of hydrogen-bond donors (Lipinski definition) is 1. The molecule has 1 aromatic rings. The first kappa shape index (κ1) is 10.9. The lowest BCUT2D eigenvalue weighted by molar-refractivity contribution is -0.143. The summed E-state index contributed by atoms with van der Waals surface area (Å²) in [6.45, 7) is 2.30. The van der Waals surface area contributed by atoms with Gasteiger partial charge < -0.3 is 10.0 Å². The van der Waals surface area contributed by atoms with Gasteiger partial charge in [-0.05, 0) is 18.1 Å². The Morgan fingerprint density at radius 3 is 2.62 bits per heavy atom. The maximum atomic E-state index is 11.6. The smallest absolute Gasteiger partial charge is 0.249 e. The van der Waals surface area contributed by atoms with Crippen molar-refractivity contribution >= 4 is 5.91 Å². The zero-order valence-corrected chi connectivity index (χ0v) is 9.26. The van der Waals surface area contributed by atoms with Crippen molar-refractivity contribution in [2.45, 2.75) is 25.6 Å². The Hall–Kier alpha value is -1.61. The van der Waals surface area contributed by atoms with Gasteiger partial charge in [-0.15, -0.1) is 0 Å². The van der Waals surface area contributed by atoms with Crippen LogP contribution in [-0.4, -0.2) is 21.6 Å². The Kier molecular flexibility index (Phi) is 2.79. The molecular formula is C13H15NO2. The van der Waals surface area contributed by atoms with E-state index in [9.17, 15) is 9.90 Å². The van der Waals surface area contributed by atoms with Crippen LogP contribution >= 0.6 is 0 Å². The molecule has 3 heteroatoms. The summed E-state index contributed by atoms with van der Waals surface area (Å²) in [5.41, 5.74) is -0.0983. The van der Waals surface area contributed by atoms with Crippen molar-refractivity contribution in [1.82, 2.24) is 4.90 Å². The molecule has 1 aliphatic rings. The van der Waals surface area contributed by atoms with Crippen LogP contribution < -0.4 is 0 Å². The highest BCUT2D eigenvalue weighted by Gasteiger charge is 2.37. The molecule has 2 rings (SSSR count). The van der Waals surface area contributed by atoms with Crippen molar-refractivity contribution in [3.8, 4) is 0 Å². The number of aliphatic hydroxyl groups is 1. The van der Waals surface area contributed by atoms with E-state index >= 15 is 0 Å². The number of benzene rings is 1. The zero-order chi connectivity index (χ0) is 11.6. The largest absolute Gasteiger partial charge is 0.367 e. The van der Waals surface area contributed by atoms with Crippen LogP contribution in [0.4, 0.5) is 0 Å². The van der Waals surface area contributed by atoms with Crippen LogP contribution in [-0.2, 0) is 11.3 Å². The first-order valence-corrected chi connectivity index (χ1v) is 5.43. The number of hydrogen-bond acceptors (Lipinski definition) is 2. The van der Waals surface area contributed by atoms with Crippen molar-refractivity contribution in [2.75, 3.05) is 0 Å². The van der Waals surface area contributed by atoms with Gasteiger partial charge in [-0.3, -0.25) is 4.79 Å². The molecule has 0 saturated heterocycles. The molecule has 1 aliphatic heterocycles. The van der Waals surface area contributed by atoms with Crippen molar-refractivity contribution in [3.63, 3.8) is 0 Å². The maximum Gasteiger partial charge on any atom is 0.249 e. The summed E-state index contributed by atoms with van der Waals surface area (Å²) >= 11 is 0. The molecule has 1 aromatic carbocycles. The number of rotatable bonds is 3. The van der Waals surface area contributed by atoms with E-state index in [0.29, 0.717) is 13.0 Å². The first-order valence-electron chi connectivity index (χ1n) is 5.43. The van der Waals surface area contributed by atoms with Gasteiger partial charge in [-0.25, -0.2) is 0 Å². The normalized spacial score (nSPS) is 24.1. The summed E-state index contributed by atoms with van der Waals surface area (Å²) in [4.78, 5) is 13.1. The van der Waals surface area contributed by atoms with Crippen molar-refractivity contribution in [1.29, 1.82) is 0 Å². The van der Waals surface area contributed by atoms with Gasteiger partial charge in [0, 0.05) is 12.6 Å². The van der Waals surface area contributed by atoms with Crippen molar-refractivity contribution in [3.05, 3.63) is 48.0 Å². The van der Waals surface area contributed by atoms with Gasteiger partial charge in [0.15, 0.2) is 5.72 Å². The lowest BCUT2D eigenvalue weighted by Crippen LogP contribution is -2.45. The molecule has 16 heavy (non-hydrogen) atoms. The van der Waals surface area contributed by atoms with Crippen LogP contribution in [0, 0.1) is 0 Å². The number of carbonyl (C=O) groups excluding carboxylic acids is 1. The van der Waals surface area contributed by atoms with E-state index in [4.69, 9.17) is 0 Å². The molecule has 0 aliphatic carbocycles. The van der Waals surface area contributed by atoms with Crippen LogP contribution in [0.1, 0.15) is 18.9 Å². The zero-order valence-electron chi connectivity index (χ0n) is 9.26. The molecular weight excluding hydrogens is 202 g/mol. The highest BCUT2D eigenvalue weighted by Crippen LogP contribution is 2.26. The molecule has 0 unspecified atom stereocenters. The van der Waals surface area contributed by atoms with Gasteiger partial charge in [-0.1, -0.05) is 37.3 Å². The lowest BCUT2D eigenvalue weighted by Gasteiger charge is -2.32. The van der Waals surface area contributed by atoms with E-state index in [1.165, 1.54) is 11.0 Å². The van der Waals surface area contributed by atoms with Gasteiger partial charge in [0.1, 0.15) is 0 Å². The predicted molar refractivity (Wildman–Crippen MR) is 61.4 cm³/mol. The second-order valence-electron chi connectivity index (χ2n) is 3.98. The third-order valence-electron chi connectivity index (χ3n) is 2.93. The number of nitrogens with zero attached hydrogens (tertiary/aromatic N) is 1. The van der Waals surface area contributed by atoms with Crippen LogP contribution in [0.2, 0.25) is 0 Å².